The first-order chi connectivity index (χ1) is 14.5. The second-order valence-corrected chi connectivity index (χ2v) is 8.85. The molecule has 1 N–H and O–H groups in total. The monoisotopic (exact) mass is 467 g/mol. The van der Waals surface area contributed by atoms with Crippen LogP contribution in [0.3, 0.4) is 0 Å². The number of halogens is 1. The van der Waals surface area contributed by atoms with E-state index in [1.807, 2.05) is 26.0 Å². The number of amides is 1. The normalized spacial score (nSPS) is 15.0. The summed E-state index contributed by atoms with van der Waals surface area (Å²) in [7, 11) is 1.65. The minimum Gasteiger partial charge on any atom is -0.496 e. The molecule has 0 unspecified atom stereocenters. The number of furan rings is 1. The summed E-state index contributed by atoms with van der Waals surface area (Å²) in [6.07, 6.45) is 7.99. The van der Waals surface area contributed by atoms with Crippen LogP contribution in [0.4, 0.5) is 0 Å². The van der Waals surface area contributed by atoms with Gasteiger partial charge in [0.25, 0.3) is 0 Å². The lowest BCUT2D eigenvalue weighted by Crippen LogP contribution is -2.31. The van der Waals surface area contributed by atoms with Crippen LogP contribution < -0.4 is 10.1 Å². The zero-order valence-corrected chi connectivity index (χ0v) is 19.1. The van der Waals surface area contributed by atoms with E-state index in [1.165, 1.54) is 12.8 Å². The molecule has 1 aliphatic rings. The van der Waals surface area contributed by atoms with E-state index in [0.29, 0.717) is 6.04 Å². The second-order valence-electron chi connectivity index (χ2n) is 7.93. The first-order valence-electron chi connectivity index (χ1n) is 10.3. The molecule has 1 aliphatic carbocycles. The zero-order chi connectivity index (χ0) is 21.3. The number of nitrogens with one attached hydrogen (secondary N) is 1. The highest BCUT2D eigenvalue weighted by Gasteiger charge is 2.20. The van der Waals surface area contributed by atoms with Gasteiger partial charge in [0.05, 0.1) is 13.4 Å². The number of rotatable bonds is 5. The van der Waals surface area contributed by atoms with Crippen molar-refractivity contribution in [1.82, 2.24) is 5.32 Å². The van der Waals surface area contributed by atoms with Crippen molar-refractivity contribution in [3.8, 4) is 16.9 Å². The molecule has 30 heavy (non-hydrogen) atoms. The third-order valence-corrected chi connectivity index (χ3v) is 6.41. The van der Waals surface area contributed by atoms with Gasteiger partial charge in [0.15, 0.2) is 0 Å². The van der Waals surface area contributed by atoms with E-state index >= 15 is 0 Å². The number of allylic oxidation sites excluding steroid dienone is 1. The molecule has 3 aromatic rings. The summed E-state index contributed by atoms with van der Waals surface area (Å²) in [6, 6.07) is 10.5. The first-order valence-corrected chi connectivity index (χ1v) is 11.1. The van der Waals surface area contributed by atoms with Crippen molar-refractivity contribution >= 4 is 38.4 Å². The average Bonchev–Trinajstić information content (AvgIpc) is 3.38. The van der Waals surface area contributed by atoms with Gasteiger partial charge in [0.2, 0.25) is 5.91 Å². The van der Waals surface area contributed by atoms with E-state index in [4.69, 9.17) is 9.15 Å². The summed E-state index contributed by atoms with van der Waals surface area (Å²) in [5.41, 5.74) is 5.61. The molecule has 4 nitrogen and oxygen atoms in total. The molecule has 4 rings (SSSR count). The van der Waals surface area contributed by atoms with E-state index in [-0.39, 0.29) is 5.91 Å². The predicted octanol–water partition coefficient (Wildman–Crippen LogP) is 6.64. The lowest BCUT2D eigenvalue weighted by molar-refractivity contribution is -0.117. The number of methoxy groups -OCH3 is 1. The van der Waals surface area contributed by atoms with Crippen molar-refractivity contribution in [2.45, 2.75) is 45.6 Å². The lowest BCUT2D eigenvalue weighted by Gasteiger charge is -2.14. The Morgan fingerprint density at radius 3 is 2.60 bits per heavy atom. The SMILES string of the molecule is COc1c(/C(C)=C/C(=O)NC2CCCC2)cc2c(-c3ccc(Br)cc3)coc2c1C. The number of hydrogen-bond donors (Lipinski definition) is 1. The Kier molecular flexibility index (Phi) is 6.00. The van der Waals surface area contributed by atoms with Crippen LogP contribution in [0, 0.1) is 6.92 Å². The highest BCUT2D eigenvalue weighted by atomic mass is 79.9. The molecule has 156 valence electrons. The fourth-order valence-corrected chi connectivity index (χ4v) is 4.58. The zero-order valence-electron chi connectivity index (χ0n) is 17.5. The van der Waals surface area contributed by atoms with Crippen LogP contribution in [0.25, 0.3) is 27.7 Å². The van der Waals surface area contributed by atoms with Gasteiger partial charge in [0.1, 0.15) is 11.3 Å². The largest absolute Gasteiger partial charge is 0.496 e. The lowest BCUT2D eigenvalue weighted by atomic mass is 9.96. The number of carbonyl (C=O) groups is 1. The summed E-state index contributed by atoms with van der Waals surface area (Å²) < 4.78 is 12.7. The molecule has 1 fully saturated rings. The Hall–Kier alpha value is -2.53. The summed E-state index contributed by atoms with van der Waals surface area (Å²) >= 11 is 3.49. The van der Waals surface area contributed by atoms with Crippen LogP contribution in [0.1, 0.15) is 43.7 Å². The molecule has 0 radical (unpaired) electrons. The van der Waals surface area contributed by atoms with Crippen molar-refractivity contribution in [2.24, 2.45) is 0 Å². The number of hydrogen-bond acceptors (Lipinski definition) is 3. The Balaban J connectivity index is 1.76. The molecule has 0 atom stereocenters. The quantitative estimate of drug-likeness (QED) is 0.427. The number of carbonyl (C=O) groups excluding carboxylic acids is 1. The molecule has 0 spiro atoms. The van der Waals surface area contributed by atoms with Crippen molar-refractivity contribution in [2.75, 3.05) is 7.11 Å². The molecule has 5 heteroatoms. The van der Waals surface area contributed by atoms with Crippen molar-refractivity contribution in [3.05, 3.63) is 58.3 Å². The molecule has 1 aromatic heterocycles. The van der Waals surface area contributed by atoms with Crippen LogP contribution in [0.2, 0.25) is 0 Å². The fourth-order valence-electron chi connectivity index (χ4n) is 4.31. The van der Waals surface area contributed by atoms with Gasteiger partial charge in [-0.05, 0) is 56.0 Å². The molecule has 1 saturated carbocycles. The summed E-state index contributed by atoms with van der Waals surface area (Å²) in [5, 5.41) is 4.14. The van der Waals surface area contributed by atoms with Crippen LogP contribution in [-0.2, 0) is 4.79 Å². The van der Waals surface area contributed by atoms with Crippen LogP contribution in [-0.4, -0.2) is 19.1 Å². The van der Waals surface area contributed by atoms with Gasteiger partial charge >= 0.3 is 0 Å². The van der Waals surface area contributed by atoms with Gasteiger partial charge in [-0.1, -0.05) is 40.9 Å². The first kappa shape index (κ1) is 20.7. The molecule has 0 aliphatic heterocycles. The van der Waals surface area contributed by atoms with Gasteiger partial charge in [0, 0.05) is 38.7 Å². The molecular formula is C25H26BrNO3. The smallest absolute Gasteiger partial charge is 0.244 e. The average molecular weight is 468 g/mol. The summed E-state index contributed by atoms with van der Waals surface area (Å²) in [6.45, 7) is 3.95. The number of aryl methyl sites for hydroxylation is 1. The highest BCUT2D eigenvalue weighted by molar-refractivity contribution is 9.10. The Bertz CT molecular complexity index is 1110. The minimum atomic E-state index is -0.0421. The van der Waals surface area contributed by atoms with Crippen molar-refractivity contribution in [1.29, 1.82) is 0 Å². The van der Waals surface area contributed by atoms with Crippen LogP contribution in [0.15, 0.2) is 51.6 Å². The van der Waals surface area contributed by atoms with Crippen molar-refractivity contribution in [3.63, 3.8) is 0 Å². The number of ether oxygens (including phenoxy) is 1. The van der Waals surface area contributed by atoms with Gasteiger partial charge in [-0.15, -0.1) is 0 Å². The Morgan fingerprint density at radius 1 is 1.23 bits per heavy atom. The molecule has 1 heterocycles. The molecule has 1 amide bonds. The van der Waals surface area contributed by atoms with Gasteiger partial charge in [-0.2, -0.15) is 0 Å². The Morgan fingerprint density at radius 2 is 1.93 bits per heavy atom. The molecule has 2 aromatic carbocycles. The van der Waals surface area contributed by atoms with Gasteiger partial charge < -0.3 is 14.5 Å². The maximum absolute atomic E-state index is 12.5. The minimum absolute atomic E-state index is 0.0421. The summed E-state index contributed by atoms with van der Waals surface area (Å²) in [5.74, 6) is 0.696. The topological polar surface area (TPSA) is 51.5 Å². The van der Waals surface area contributed by atoms with Gasteiger partial charge in [-0.25, -0.2) is 0 Å². The second kappa shape index (κ2) is 8.68. The van der Waals surface area contributed by atoms with Crippen LogP contribution >= 0.6 is 15.9 Å². The maximum atomic E-state index is 12.5. The molecular weight excluding hydrogens is 442 g/mol. The Labute approximate surface area is 185 Å². The fraction of sp³-hybridized carbons (Fsp3) is 0.320. The third-order valence-electron chi connectivity index (χ3n) is 5.88. The molecule has 0 bridgehead atoms. The number of benzene rings is 2. The highest BCUT2D eigenvalue weighted by Crippen LogP contribution is 2.40. The van der Waals surface area contributed by atoms with Crippen molar-refractivity contribution < 1.29 is 13.9 Å². The van der Waals surface area contributed by atoms with E-state index in [2.05, 4.69) is 39.4 Å². The standard InChI is InChI=1S/C25H26BrNO3/c1-15(12-23(28)27-19-6-4-5-7-19)20-13-21-22(17-8-10-18(26)11-9-17)14-30-25(21)16(2)24(20)29-3/h8-14,19H,4-7H2,1-3H3,(H,27,28)/b15-12+. The summed E-state index contributed by atoms with van der Waals surface area (Å²) in [4.78, 5) is 12.5. The van der Waals surface area contributed by atoms with E-state index in [1.54, 1.807) is 19.4 Å². The van der Waals surface area contributed by atoms with E-state index < -0.39 is 0 Å². The van der Waals surface area contributed by atoms with E-state index in [0.717, 1.165) is 61.9 Å². The third kappa shape index (κ3) is 4.04. The van der Waals surface area contributed by atoms with E-state index in [9.17, 15) is 4.79 Å². The molecule has 0 saturated heterocycles. The van der Waals surface area contributed by atoms with Crippen LogP contribution in [0.5, 0.6) is 5.75 Å². The predicted molar refractivity (Wildman–Crippen MR) is 125 cm³/mol. The maximum Gasteiger partial charge on any atom is 0.244 e. The number of fused-ring (bicyclic) bond motifs is 1. The van der Waals surface area contributed by atoms with Gasteiger partial charge in [-0.3, -0.25) is 4.79 Å².